The number of hydrogen-bond acceptors (Lipinski definition) is 9. The number of piperidine rings is 1. The highest BCUT2D eigenvalue weighted by Crippen LogP contribution is 2.40. The lowest BCUT2D eigenvalue weighted by Gasteiger charge is -2.38. The zero-order valence-corrected chi connectivity index (χ0v) is 27.9. The van der Waals surface area contributed by atoms with E-state index in [2.05, 4.69) is 105 Å². The summed E-state index contributed by atoms with van der Waals surface area (Å²) in [6.07, 6.45) is 7.53. The van der Waals surface area contributed by atoms with Gasteiger partial charge in [0.25, 0.3) is 0 Å². The van der Waals surface area contributed by atoms with Crippen LogP contribution in [0.25, 0.3) is 11.0 Å². The van der Waals surface area contributed by atoms with E-state index in [1.54, 1.807) is 25.7 Å². The molecule has 0 atom stereocenters. The maximum Gasteiger partial charge on any atom is 0.229 e. The molecule has 0 spiro atoms. The molecule has 3 heterocycles. The summed E-state index contributed by atoms with van der Waals surface area (Å²) in [6.45, 7) is 11.0. The molecule has 5 rings (SSSR count). The quantitative estimate of drug-likeness (QED) is 0.192. The summed E-state index contributed by atoms with van der Waals surface area (Å²) in [5.74, 6) is 2.25. The third-order valence-corrected chi connectivity index (χ3v) is 9.74. The van der Waals surface area contributed by atoms with Gasteiger partial charge in [-0.15, -0.1) is 0 Å². The molecule has 2 aromatic carbocycles. The van der Waals surface area contributed by atoms with E-state index in [4.69, 9.17) is 9.72 Å². The van der Waals surface area contributed by atoms with Gasteiger partial charge in [-0.25, -0.2) is 4.98 Å². The van der Waals surface area contributed by atoms with Crippen LogP contribution in [0.4, 0.5) is 28.8 Å². The van der Waals surface area contributed by atoms with Crippen molar-refractivity contribution in [3.63, 3.8) is 0 Å². The number of halogens is 1. The van der Waals surface area contributed by atoms with E-state index in [-0.39, 0.29) is 0 Å². The fourth-order valence-electron chi connectivity index (χ4n) is 5.55. The van der Waals surface area contributed by atoms with Crippen LogP contribution in [0.1, 0.15) is 38.2 Å². The summed E-state index contributed by atoms with van der Waals surface area (Å²) in [5.41, 5.74) is 6.13. The normalized spacial score (nSPS) is 14.3. The summed E-state index contributed by atoms with van der Waals surface area (Å²) < 4.78 is 6.65. The van der Waals surface area contributed by atoms with Gasteiger partial charge in [-0.3, -0.25) is 9.97 Å². The van der Waals surface area contributed by atoms with Crippen molar-refractivity contribution >= 4 is 69.0 Å². The lowest BCUT2D eigenvalue weighted by atomic mass is 9.96. The molecule has 0 amide bonds. The number of nitrogens with zero attached hydrogens (tertiary/aromatic N) is 6. The van der Waals surface area contributed by atoms with Crippen LogP contribution in [0.15, 0.2) is 47.3 Å². The molecule has 2 N–H and O–H groups in total. The Morgan fingerprint density at radius 2 is 1.76 bits per heavy atom. The fourth-order valence-corrected chi connectivity index (χ4v) is 7.05. The van der Waals surface area contributed by atoms with Crippen LogP contribution >= 0.6 is 23.9 Å². The topological polar surface area (TPSA) is 91.3 Å². The van der Waals surface area contributed by atoms with E-state index in [1.807, 2.05) is 12.1 Å². The molecular weight excluding hydrogens is 611 g/mol. The van der Waals surface area contributed by atoms with Crippen molar-refractivity contribution in [3.05, 3.63) is 52.9 Å². The lowest BCUT2D eigenvalue weighted by molar-refractivity contribution is 0.249. The third-order valence-electron chi connectivity index (χ3n) is 7.81. The average Bonchev–Trinajstić information content (AvgIpc) is 2.98. The highest BCUT2D eigenvalue weighted by Gasteiger charge is 2.25. The van der Waals surface area contributed by atoms with Gasteiger partial charge >= 0.3 is 0 Å². The van der Waals surface area contributed by atoms with Crippen molar-refractivity contribution in [1.82, 2.24) is 24.8 Å². The van der Waals surface area contributed by atoms with Gasteiger partial charge in [-0.05, 0) is 85.9 Å². The van der Waals surface area contributed by atoms with Crippen molar-refractivity contribution in [3.8, 4) is 5.75 Å². The first-order valence-corrected chi connectivity index (χ1v) is 17.3. The number of aromatic nitrogens is 4. The Bertz CT molecular complexity index is 1560. The molecular formula is C31H40BrN8OP. The van der Waals surface area contributed by atoms with E-state index in [0.29, 0.717) is 23.7 Å². The maximum atomic E-state index is 5.89. The Balaban J connectivity index is 1.45. The van der Waals surface area contributed by atoms with Crippen LogP contribution in [-0.4, -0.2) is 78.5 Å². The molecule has 222 valence electrons. The average molecular weight is 652 g/mol. The zero-order chi connectivity index (χ0) is 30.0. The highest BCUT2D eigenvalue weighted by molar-refractivity contribution is 9.10. The Labute approximate surface area is 258 Å². The molecule has 9 nitrogen and oxygen atoms in total. The van der Waals surface area contributed by atoms with Gasteiger partial charge < -0.3 is 25.2 Å². The molecule has 1 aliphatic rings. The van der Waals surface area contributed by atoms with Gasteiger partial charge in [-0.2, -0.15) is 4.98 Å². The number of ether oxygens (including phenoxy) is 1. The maximum absolute atomic E-state index is 5.89. The van der Waals surface area contributed by atoms with E-state index in [9.17, 15) is 0 Å². The molecule has 42 heavy (non-hydrogen) atoms. The van der Waals surface area contributed by atoms with E-state index < -0.39 is 7.92 Å². The molecule has 1 saturated heterocycles. The fraction of sp³-hybridized carbons (Fsp3) is 0.419. The second kappa shape index (κ2) is 13.1. The van der Waals surface area contributed by atoms with Gasteiger partial charge in [0.1, 0.15) is 11.6 Å². The third kappa shape index (κ3) is 6.46. The summed E-state index contributed by atoms with van der Waals surface area (Å²) in [5, 5.41) is 8.13. The number of nitrogens with one attached hydrogen (secondary N) is 2. The minimum Gasteiger partial charge on any atom is -0.494 e. The molecule has 11 heteroatoms. The summed E-state index contributed by atoms with van der Waals surface area (Å²) in [4.78, 5) is 23.4. The smallest absolute Gasteiger partial charge is 0.229 e. The predicted molar refractivity (Wildman–Crippen MR) is 180 cm³/mol. The molecule has 2 aromatic heterocycles. The number of anilines is 5. The highest BCUT2D eigenvalue weighted by atomic mass is 79.9. The minimum atomic E-state index is -0.463. The van der Waals surface area contributed by atoms with Crippen LogP contribution in [0.2, 0.25) is 0 Å². The van der Waals surface area contributed by atoms with Gasteiger partial charge in [0.2, 0.25) is 5.95 Å². The Morgan fingerprint density at radius 1 is 1.02 bits per heavy atom. The van der Waals surface area contributed by atoms with Crippen molar-refractivity contribution in [2.75, 3.05) is 63.2 Å². The first kappa shape index (κ1) is 30.4. The van der Waals surface area contributed by atoms with Crippen LogP contribution in [0.5, 0.6) is 5.75 Å². The van der Waals surface area contributed by atoms with Crippen molar-refractivity contribution in [2.45, 2.75) is 38.6 Å². The molecule has 1 fully saturated rings. The second-order valence-corrected chi connectivity index (χ2v) is 14.5. The minimum absolute atomic E-state index is 0.341. The second-order valence-electron chi connectivity index (χ2n) is 11.4. The predicted octanol–water partition coefficient (Wildman–Crippen LogP) is 6.70. The largest absolute Gasteiger partial charge is 0.494 e. The van der Waals surface area contributed by atoms with Gasteiger partial charge in [0.15, 0.2) is 0 Å². The van der Waals surface area contributed by atoms with Gasteiger partial charge in [0, 0.05) is 60.5 Å². The van der Waals surface area contributed by atoms with Gasteiger partial charge in [0.05, 0.1) is 28.3 Å². The van der Waals surface area contributed by atoms with E-state index in [0.717, 1.165) is 63.9 Å². The van der Waals surface area contributed by atoms with Crippen molar-refractivity contribution in [2.24, 2.45) is 0 Å². The molecule has 0 saturated carbocycles. The number of benzene rings is 2. The number of rotatable bonds is 9. The molecule has 0 radical (unpaired) electrons. The number of methoxy groups -OCH3 is 1. The summed E-state index contributed by atoms with van der Waals surface area (Å²) in [6, 6.07) is 9.03. The van der Waals surface area contributed by atoms with E-state index >= 15 is 0 Å². The Hall–Kier alpha value is -3.07. The number of fused-ring (bicyclic) bond motifs is 1. The SMILES string of the molecule is COc1cc(N2CCC(N(C)C)CC2)c(C(C)C)cc1Nc1ncc(Br)c(Nc2ccc3nccnc3c2P(C)C)n1. The first-order valence-electron chi connectivity index (χ1n) is 14.3. The molecule has 1 aliphatic heterocycles. The molecule has 0 unspecified atom stereocenters. The van der Waals surface area contributed by atoms with Crippen LogP contribution in [0, 0.1) is 0 Å². The summed E-state index contributed by atoms with van der Waals surface area (Å²) >= 11 is 3.64. The monoisotopic (exact) mass is 650 g/mol. The standard InChI is InChI=1S/C31H40BrN8OP/c1-19(2)21-16-25(27(41-5)17-26(21)40-14-10-20(11-15-40)39(3)4)37-31-35-18-22(32)30(38-31)36-24-9-8-23-28(29(24)42(6)7)34-13-12-33-23/h8-9,12-13,16-20H,10-11,14-15H2,1-7H3,(H2,35,36,37,38). The van der Waals surface area contributed by atoms with Crippen LogP contribution in [-0.2, 0) is 0 Å². The Kier molecular flexibility index (Phi) is 9.45. The van der Waals surface area contributed by atoms with Gasteiger partial charge in [-0.1, -0.05) is 21.8 Å². The lowest BCUT2D eigenvalue weighted by Crippen LogP contribution is -2.42. The number of hydrogen-bond donors (Lipinski definition) is 2. The van der Waals surface area contributed by atoms with Crippen LogP contribution in [0.3, 0.4) is 0 Å². The van der Waals surface area contributed by atoms with Crippen molar-refractivity contribution < 1.29 is 4.74 Å². The molecule has 4 aromatic rings. The zero-order valence-electron chi connectivity index (χ0n) is 25.4. The molecule has 0 bridgehead atoms. The summed E-state index contributed by atoms with van der Waals surface area (Å²) in [7, 11) is 5.60. The van der Waals surface area contributed by atoms with E-state index in [1.165, 1.54) is 11.3 Å². The molecule has 0 aliphatic carbocycles. The van der Waals surface area contributed by atoms with Crippen molar-refractivity contribution in [1.29, 1.82) is 0 Å². The van der Waals surface area contributed by atoms with Crippen LogP contribution < -0.4 is 25.6 Å². The Morgan fingerprint density at radius 3 is 2.43 bits per heavy atom. The first-order chi connectivity index (χ1) is 20.2.